The third-order valence-electron chi connectivity index (χ3n) is 1.02. The van der Waals surface area contributed by atoms with E-state index in [0.717, 1.165) is 0 Å². The molecular weight excluding hydrogens is 167 g/mol. The van der Waals surface area contributed by atoms with Gasteiger partial charge in [0.15, 0.2) is 0 Å². The van der Waals surface area contributed by atoms with Gasteiger partial charge < -0.3 is 4.52 Å². The molecule has 0 amide bonds. The third-order valence-corrected chi connectivity index (χ3v) is 1.49. The molecule has 0 saturated heterocycles. The zero-order valence-electron chi connectivity index (χ0n) is 6.65. The Kier molecular flexibility index (Phi) is 4.42. The molecule has 0 aromatic rings. The molecule has 0 unspecified atom stereocenters. The highest BCUT2D eigenvalue weighted by molar-refractivity contribution is 7.46. The van der Waals surface area contributed by atoms with Crippen molar-refractivity contribution in [3.63, 3.8) is 0 Å². The lowest BCUT2D eigenvalue weighted by molar-refractivity contribution is 0.237. The summed E-state index contributed by atoms with van der Waals surface area (Å²) in [6.45, 7) is 3.65. The molecule has 0 aliphatic carbocycles. The molecule has 0 aromatic carbocycles. The van der Waals surface area contributed by atoms with E-state index in [0.29, 0.717) is 18.6 Å². The van der Waals surface area contributed by atoms with Crippen molar-refractivity contribution in [3.8, 4) is 0 Å². The second kappa shape index (κ2) is 4.54. The number of rotatable bonds is 4. The molecule has 5 heteroatoms. The van der Waals surface area contributed by atoms with Crippen molar-refractivity contribution in [2.45, 2.75) is 26.7 Å². The Bertz CT molecular complexity index is 181. The van der Waals surface area contributed by atoms with E-state index in [2.05, 4.69) is 4.52 Å². The molecule has 4 nitrogen and oxygen atoms in total. The maximum atomic E-state index is 10.3. The minimum absolute atomic E-state index is 0.348. The summed E-state index contributed by atoms with van der Waals surface area (Å²) >= 11 is 0. The maximum Gasteiger partial charge on any atom is 0.524 e. The van der Waals surface area contributed by atoms with Crippen LogP contribution >= 0.6 is 7.82 Å². The van der Waals surface area contributed by atoms with Gasteiger partial charge in [0.25, 0.3) is 0 Å². The Balaban J connectivity index is 4.10. The standard InChI is InChI=1S/C6H13O4P/c1-3-5-6(4-2)10-11(7,8)9/h5H,3-4H2,1-2H3,(H2,7,8,9)/b6-5+. The quantitative estimate of drug-likeness (QED) is 0.511. The van der Waals surface area contributed by atoms with Crippen LogP contribution in [0.4, 0.5) is 0 Å². The van der Waals surface area contributed by atoms with Crippen LogP contribution in [-0.4, -0.2) is 9.79 Å². The van der Waals surface area contributed by atoms with Gasteiger partial charge in [-0.3, -0.25) is 9.79 Å². The van der Waals surface area contributed by atoms with E-state index < -0.39 is 7.82 Å². The molecule has 0 saturated carbocycles. The molecule has 2 N–H and O–H groups in total. The van der Waals surface area contributed by atoms with Crippen LogP contribution in [0.5, 0.6) is 0 Å². The molecule has 66 valence electrons. The Morgan fingerprint density at radius 1 is 1.55 bits per heavy atom. The van der Waals surface area contributed by atoms with Gasteiger partial charge in [0.1, 0.15) is 5.76 Å². The SMILES string of the molecule is CC/C=C(\CC)OP(=O)(O)O. The Morgan fingerprint density at radius 2 is 2.09 bits per heavy atom. The predicted octanol–water partition coefficient (Wildman–Crippen LogP) is 1.80. The molecular formula is C6H13O4P. The van der Waals surface area contributed by atoms with E-state index >= 15 is 0 Å². The van der Waals surface area contributed by atoms with Crippen molar-refractivity contribution in [1.29, 1.82) is 0 Å². The van der Waals surface area contributed by atoms with Gasteiger partial charge in [-0.2, -0.15) is 0 Å². The smallest absolute Gasteiger partial charge is 0.409 e. The molecule has 0 radical (unpaired) electrons. The summed E-state index contributed by atoms with van der Waals surface area (Å²) in [6.07, 6.45) is 2.86. The molecule has 0 atom stereocenters. The summed E-state index contributed by atoms with van der Waals surface area (Å²) in [7, 11) is -4.34. The minimum atomic E-state index is -4.34. The summed E-state index contributed by atoms with van der Waals surface area (Å²) in [4.78, 5) is 16.8. The van der Waals surface area contributed by atoms with Gasteiger partial charge in [-0.05, 0) is 12.5 Å². The highest BCUT2D eigenvalue weighted by atomic mass is 31.2. The highest BCUT2D eigenvalue weighted by Gasteiger charge is 2.15. The number of hydrogen-bond acceptors (Lipinski definition) is 2. The molecule has 0 heterocycles. The first-order valence-corrected chi connectivity index (χ1v) is 4.96. The molecule has 0 aliphatic rings. The lowest BCUT2D eigenvalue weighted by Gasteiger charge is -2.08. The first kappa shape index (κ1) is 10.7. The van der Waals surface area contributed by atoms with Crippen molar-refractivity contribution in [2.24, 2.45) is 0 Å². The lowest BCUT2D eigenvalue weighted by atomic mass is 10.3. The fourth-order valence-electron chi connectivity index (χ4n) is 0.627. The first-order valence-electron chi connectivity index (χ1n) is 3.43. The minimum Gasteiger partial charge on any atom is -0.409 e. The van der Waals surface area contributed by atoms with Crippen LogP contribution in [0.3, 0.4) is 0 Å². The zero-order chi connectivity index (χ0) is 8.91. The van der Waals surface area contributed by atoms with Crippen molar-refractivity contribution in [3.05, 3.63) is 11.8 Å². The van der Waals surface area contributed by atoms with Crippen LogP contribution in [0.1, 0.15) is 26.7 Å². The fourth-order valence-corrected chi connectivity index (χ4v) is 1.14. The molecule has 11 heavy (non-hydrogen) atoms. The van der Waals surface area contributed by atoms with Gasteiger partial charge in [-0.25, -0.2) is 4.57 Å². The highest BCUT2D eigenvalue weighted by Crippen LogP contribution is 2.39. The summed E-state index contributed by atoms with van der Waals surface area (Å²) in [5, 5.41) is 0. The van der Waals surface area contributed by atoms with E-state index in [9.17, 15) is 4.57 Å². The van der Waals surface area contributed by atoms with Gasteiger partial charge in [-0.15, -0.1) is 0 Å². The third kappa shape index (κ3) is 6.10. The fraction of sp³-hybridized carbons (Fsp3) is 0.667. The number of phosphoric ester groups is 1. The van der Waals surface area contributed by atoms with Gasteiger partial charge in [-0.1, -0.05) is 13.8 Å². The normalized spacial score (nSPS) is 13.3. The van der Waals surface area contributed by atoms with E-state index in [1.165, 1.54) is 0 Å². The number of hydrogen-bond donors (Lipinski definition) is 2. The topological polar surface area (TPSA) is 66.8 Å². The average Bonchev–Trinajstić information content (AvgIpc) is 1.84. The van der Waals surface area contributed by atoms with E-state index in [1.54, 1.807) is 13.0 Å². The van der Waals surface area contributed by atoms with Crippen LogP contribution in [0.2, 0.25) is 0 Å². The van der Waals surface area contributed by atoms with Crippen LogP contribution in [0, 0.1) is 0 Å². The van der Waals surface area contributed by atoms with E-state index in [1.807, 2.05) is 6.92 Å². The zero-order valence-corrected chi connectivity index (χ0v) is 7.54. The van der Waals surface area contributed by atoms with Crippen LogP contribution in [0.25, 0.3) is 0 Å². The largest absolute Gasteiger partial charge is 0.524 e. The van der Waals surface area contributed by atoms with Crippen molar-refractivity contribution < 1.29 is 18.9 Å². The van der Waals surface area contributed by atoms with E-state index in [4.69, 9.17) is 9.79 Å². The molecule has 0 fully saturated rings. The Morgan fingerprint density at radius 3 is 2.36 bits per heavy atom. The van der Waals surface area contributed by atoms with E-state index in [-0.39, 0.29) is 0 Å². The van der Waals surface area contributed by atoms with Gasteiger partial charge >= 0.3 is 7.82 Å². The van der Waals surface area contributed by atoms with Gasteiger partial charge in [0.05, 0.1) is 0 Å². The first-order chi connectivity index (χ1) is 4.99. The predicted molar refractivity (Wildman–Crippen MR) is 41.8 cm³/mol. The van der Waals surface area contributed by atoms with Crippen molar-refractivity contribution in [1.82, 2.24) is 0 Å². The van der Waals surface area contributed by atoms with Crippen molar-refractivity contribution >= 4 is 7.82 Å². The van der Waals surface area contributed by atoms with Crippen LogP contribution < -0.4 is 0 Å². The number of phosphoric acid groups is 1. The Hall–Kier alpha value is -0.310. The van der Waals surface area contributed by atoms with Gasteiger partial charge in [0, 0.05) is 6.42 Å². The monoisotopic (exact) mass is 180 g/mol. The van der Waals surface area contributed by atoms with Gasteiger partial charge in [0.2, 0.25) is 0 Å². The summed E-state index contributed by atoms with van der Waals surface area (Å²) in [5.41, 5.74) is 0. The summed E-state index contributed by atoms with van der Waals surface area (Å²) < 4.78 is 14.7. The second-order valence-corrected chi connectivity index (χ2v) is 3.18. The molecule has 0 aliphatic heterocycles. The number of allylic oxidation sites excluding steroid dienone is 2. The second-order valence-electron chi connectivity index (χ2n) is 2.01. The van der Waals surface area contributed by atoms with Crippen LogP contribution in [-0.2, 0) is 9.09 Å². The van der Waals surface area contributed by atoms with Crippen molar-refractivity contribution in [2.75, 3.05) is 0 Å². The lowest BCUT2D eigenvalue weighted by Crippen LogP contribution is -1.88. The molecule has 0 rings (SSSR count). The van der Waals surface area contributed by atoms with Crippen LogP contribution in [0.15, 0.2) is 11.8 Å². The molecule has 0 bridgehead atoms. The molecule has 0 aromatic heterocycles. The average molecular weight is 180 g/mol. The summed E-state index contributed by atoms with van der Waals surface area (Å²) in [5.74, 6) is 0.348. The maximum absolute atomic E-state index is 10.3. The summed E-state index contributed by atoms with van der Waals surface area (Å²) in [6, 6.07) is 0. The molecule has 0 spiro atoms. The Labute approximate surface area is 66.1 Å².